The van der Waals surface area contributed by atoms with Crippen molar-refractivity contribution in [3.05, 3.63) is 0 Å². The molecule has 2 N–H and O–H groups in total. The van der Waals surface area contributed by atoms with E-state index in [0.29, 0.717) is 12.1 Å². The topological polar surface area (TPSA) is 41.5 Å². The van der Waals surface area contributed by atoms with E-state index >= 15 is 0 Å². The van der Waals surface area contributed by atoms with Crippen molar-refractivity contribution in [2.24, 2.45) is 5.92 Å². The molecule has 2 atom stereocenters. The molecule has 0 bridgehead atoms. The number of aliphatic hydroxyl groups excluding tert-OH is 1. The van der Waals surface area contributed by atoms with Crippen LogP contribution in [0.2, 0.25) is 0 Å². The molecule has 1 unspecified atom stereocenters. The molecule has 0 amide bonds. The SMILES string of the molecule is CC(CC1CCOCC1)N[C@H](C)CCO. The minimum atomic E-state index is 0.276. The number of ether oxygens (including phenoxy) is 1. The Labute approximate surface area is 93.2 Å². The first-order chi connectivity index (χ1) is 7.22. The normalized spacial score (nSPS) is 22.6. The van der Waals surface area contributed by atoms with E-state index in [0.717, 1.165) is 25.6 Å². The minimum absolute atomic E-state index is 0.276. The Kier molecular flexibility index (Phi) is 6.22. The van der Waals surface area contributed by atoms with E-state index < -0.39 is 0 Å². The molecule has 0 aliphatic carbocycles. The molecule has 15 heavy (non-hydrogen) atoms. The summed E-state index contributed by atoms with van der Waals surface area (Å²) in [7, 11) is 0. The van der Waals surface area contributed by atoms with Crippen LogP contribution in [-0.2, 0) is 4.74 Å². The van der Waals surface area contributed by atoms with Gasteiger partial charge in [0.15, 0.2) is 0 Å². The fraction of sp³-hybridized carbons (Fsp3) is 1.00. The second kappa shape index (κ2) is 7.20. The summed E-state index contributed by atoms with van der Waals surface area (Å²) in [6, 6.07) is 0.972. The molecule has 0 aromatic carbocycles. The largest absolute Gasteiger partial charge is 0.396 e. The van der Waals surface area contributed by atoms with Gasteiger partial charge in [-0.05, 0) is 45.4 Å². The van der Waals surface area contributed by atoms with Gasteiger partial charge in [-0.25, -0.2) is 0 Å². The van der Waals surface area contributed by atoms with E-state index in [-0.39, 0.29) is 6.61 Å². The predicted molar refractivity (Wildman–Crippen MR) is 61.9 cm³/mol. The molecule has 0 aromatic rings. The smallest absolute Gasteiger partial charge is 0.0468 e. The zero-order valence-corrected chi connectivity index (χ0v) is 10.0. The van der Waals surface area contributed by atoms with Crippen molar-refractivity contribution in [3.63, 3.8) is 0 Å². The predicted octanol–water partition coefficient (Wildman–Crippen LogP) is 1.55. The first-order valence-corrected chi connectivity index (χ1v) is 6.17. The number of nitrogens with one attached hydrogen (secondary N) is 1. The van der Waals surface area contributed by atoms with Gasteiger partial charge in [-0.2, -0.15) is 0 Å². The number of aliphatic hydroxyl groups is 1. The zero-order chi connectivity index (χ0) is 11.1. The Morgan fingerprint density at radius 3 is 2.53 bits per heavy atom. The van der Waals surface area contributed by atoms with Crippen LogP contribution in [-0.4, -0.2) is 37.0 Å². The maximum Gasteiger partial charge on any atom is 0.0468 e. The van der Waals surface area contributed by atoms with Gasteiger partial charge in [0.05, 0.1) is 0 Å². The van der Waals surface area contributed by atoms with E-state index in [1.807, 2.05) is 0 Å². The van der Waals surface area contributed by atoms with Crippen LogP contribution in [0.3, 0.4) is 0 Å². The molecule has 1 heterocycles. The van der Waals surface area contributed by atoms with Crippen molar-refractivity contribution in [1.82, 2.24) is 5.32 Å². The lowest BCUT2D eigenvalue weighted by molar-refractivity contribution is 0.0607. The molecule has 1 aliphatic heterocycles. The van der Waals surface area contributed by atoms with E-state index in [9.17, 15) is 0 Å². The van der Waals surface area contributed by atoms with Crippen LogP contribution in [0, 0.1) is 5.92 Å². The monoisotopic (exact) mass is 215 g/mol. The Morgan fingerprint density at radius 2 is 1.93 bits per heavy atom. The molecule has 1 rings (SSSR count). The van der Waals surface area contributed by atoms with Crippen molar-refractivity contribution in [2.75, 3.05) is 19.8 Å². The molecule has 1 fully saturated rings. The van der Waals surface area contributed by atoms with Crippen LogP contribution >= 0.6 is 0 Å². The van der Waals surface area contributed by atoms with Gasteiger partial charge in [-0.15, -0.1) is 0 Å². The fourth-order valence-corrected chi connectivity index (χ4v) is 2.31. The molecule has 1 aliphatic rings. The standard InChI is InChI=1S/C12H25NO2/c1-10(3-6-14)13-11(2)9-12-4-7-15-8-5-12/h10-14H,3-9H2,1-2H3/t10-,11?/m1/s1. The Bertz CT molecular complexity index is 158. The Hall–Kier alpha value is -0.120. The second-order valence-electron chi connectivity index (χ2n) is 4.77. The van der Waals surface area contributed by atoms with Crippen LogP contribution in [0.15, 0.2) is 0 Å². The van der Waals surface area contributed by atoms with E-state index in [4.69, 9.17) is 9.84 Å². The summed E-state index contributed by atoms with van der Waals surface area (Å²) < 4.78 is 5.35. The maximum absolute atomic E-state index is 8.81. The molecule has 3 heteroatoms. The van der Waals surface area contributed by atoms with Gasteiger partial charge in [-0.1, -0.05) is 0 Å². The van der Waals surface area contributed by atoms with Crippen LogP contribution < -0.4 is 5.32 Å². The van der Waals surface area contributed by atoms with E-state index in [2.05, 4.69) is 19.2 Å². The first-order valence-electron chi connectivity index (χ1n) is 6.17. The van der Waals surface area contributed by atoms with E-state index in [1.165, 1.54) is 19.3 Å². The average Bonchev–Trinajstić information content (AvgIpc) is 2.19. The lowest BCUT2D eigenvalue weighted by Crippen LogP contribution is -2.37. The summed E-state index contributed by atoms with van der Waals surface area (Å²) >= 11 is 0. The Balaban J connectivity index is 2.13. The third-order valence-corrected chi connectivity index (χ3v) is 3.16. The number of hydrogen-bond acceptors (Lipinski definition) is 3. The molecule has 0 saturated carbocycles. The highest BCUT2D eigenvalue weighted by Crippen LogP contribution is 2.20. The van der Waals surface area contributed by atoms with E-state index in [1.54, 1.807) is 0 Å². The van der Waals surface area contributed by atoms with Crippen molar-refractivity contribution in [3.8, 4) is 0 Å². The molecule has 0 aromatic heterocycles. The number of hydrogen-bond donors (Lipinski definition) is 2. The van der Waals surface area contributed by atoms with Crippen LogP contribution in [0.1, 0.15) is 39.5 Å². The van der Waals surface area contributed by atoms with Crippen molar-refractivity contribution >= 4 is 0 Å². The lowest BCUT2D eigenvalue weighted by atomic mass is 9.93. The fourth-order valence-electron chi connectivity index (χ4n) is 2.31. The summed E-state index contributed by atoms with van der Waals surface area (Å²) in [6.07, 6.45) is 4.50. The van der Waals surface area contributed by atoms with Crippen LogP contribution in [0.4, 0.5) is 0 Å². The van der Waals surface area contributed by atoms with Gasteiger partial charge in [0, 0.05) is 31.9 Å². The van der Waals surface area contributed by atoms with Gasteiger partial charge in [0.2, 0.25) is 0 Å². The molecule has 0 radical (unpaired) electrons. The minimum Gasteiger partial charge on any atom is -0.396 e. The molecule has 3 nitrogen and oxygen atoms in total. The molecule has 1 saturated heterocycles. The maximum atomic E-state index is 8.81. The third-order valence-electron chi connectivity index (χ3n) is 3.16. The van der Waals surface area contributed by atoms with Gasteiger partial charge in [0.1, 0.15) is 0 Å². The average molecular weight is 215 g/mol. The van der Waals surface area contributed by atoms with Gasteiger partial charge >= 0.3 is 0 Å². The molecule has 0 spiro atoms. The van der Waals surface area contributed by atoms with Crippen molar-refractivity contribution in [2.45, 2.75) is 51.6 Å². The summed E-state index contributed by atoms with van der Waals surface area (Å²) in [5.74, 6) is 0.822. The highest BCUT2D eigenvalue weighted by atomic mass is 16.5. The van der Waals surface area contributed by atoms with Crippen LogP contribution in [0.25, 0.3) is 0 Å². The second-order valence-corrected chi connectivity index (χ2v) is 4.77. The molecular formula is C12H25NO2. The first kappa shape index (κ1) is 12.9. The quantitative estimate of drug-likeness (QED) is 0.706. The zero-order valence-electron chi connectivity index (χ0n) is 10.0. The summed E-state index contributed by atoms with van der Waals surface area (Å²) in [6.45, 7) is 6.52. The summed E-state index contributed by atoms with van der Waals surface area (Å²) in [5, 5.41) is 12.3. The van der Waals surface area contributed by atoms with Crippen molar-refractivity contribution in [1.29, 1.82) is 0 Å². The van der Waals surface area contributed by atoms with Crippen LogP contribution in [0.5, 0.6) is 0 Å². The van der Waals surface area contributed by atoms with Gasteiger partial charge in [-0.3, -0.25) is 0 Å². The Morgan fingerprint density at radius 1 is 1.27 bits per heavy atom. The van der Waals surface area contributed by atoms with Gasteiger partial charge in [0.25, 0.3) is 0 Å². The highest BCUT2D eigenvalue weighted by Gasteiger charge is 2.17. The molecular weight excluding hydrogens is 190 g/mol. The molecule has 90 valence electrons. The highest BCUT2D eigenvalue weighted by molar-refractivity contribution is 4.73. The summed E-state index contributed by atoms with van der Waals surface area (Å²) in [5.41, 5.74) is 0. The number of rotatable bonds is 6. The van der Waals surface area contributed by atoms with Gasteiger partial charge < -0.3 is 15.2 Å². The third kappa shape index (κ3) is 5.50. The van der Waals surface area contributed by atoms with Crippen molar-refractivity contribution < 1.29 is 9.84 Å². The summed E-state index contributed by atoms with van der Waals surface area (Å²) in [4.78, 5) is 0. The lowest BCUT2D eigenvalue weighted by Gasteiger charge is -2.27.